The molecule has 6 nitrogen and oxygen atoms in total. The summed E-state index contributed by atoms with van der Waals surface area (Å²) in [4.78, 5) is 23.1. The van der Waals surface area contributed by atoms with Crippen molar-refractivity contribution in [1.29, 1.82) is 0 Å². The lowest BCUT2D eigenvalue weighted by molar-refractivity contribution is -0.142. The van der Waals surface area contributed by atoms with Gasteiger partial charge in [-0.1, -0.05) is 22.0 Å². The van der Waals surface area contributed by atoms with Gasteiger partial charge >= 0.3 is 12.0 Å². The largest absolute Gasteiger partial charge is 0.496 e. The van der Waals surface area contributed by atoms with E-state index in [1.807, 2.05) is 25.1 Å². The Morgan fingerprint density at radius 2 is 1.96 bits per heavy atom. The van der Waals surface area contributed by atoms with Crippen LogP contribution in [0, 0.1) is 5.92 Å². The van der Waals surface area contributed by atoms with E-state index in [1.54, 1.807) is 7.11 Å². The molecule has 0 aliphatic heterocycles. The Hall–Kier alpha value is -1.76. The number of ether oxygens (including phenoxy) is 1. The summed E-state index contributed by atoms with van der Waals surface area (Å²) in [5.74, 6) is -0.315. The number of urea groups is 1. The molecule has 24 heavy (non-hydrogen) atoms. The molecular formula is C17H23BrN2O4. The van der Waals surface area contributed by atoms with Gasteiger partial charge in [0.2, 0.25) is 0 Å². The van der Waals surface area contributed by atoms with Crippen molar-refractivity contribution in [1.82, 2.24) is 10.6 Å². The van der Waals surface area contributed by atoms with Gasteiger partial charge in [0.1, 0.15) is 5.75 Å². The number of aliphatic carboxylic acids is 1. The molecule has 1 aromatic rings. The maximum absolute atomic E-state index is 12.2. The molecule has 1 saturated carbocycles. The average Bonchev–Trinajstić information content (AvgIpc) is 2.54. The van der Waals surface area contributed by atoms with Crippen molar-refractivity contribution in [3.8, 4) is 5.75 Å². The number of rotatable bonds is 5. The number of hydrogen-bond acceptors (Lipinski definition) is 3. The maximum Gasteiger partial charge on any atom is 0.315 e. The first kappa shape index (κ1) is 18.6. The Bertz CT molecular complexity index is 600. The number of halogens is 1. The maximum atomic E-state index is 12.2. The highest BCUT2D eigenvalue weighted by Crippen LogP contribution is 2.28. The molecule has 0 saturated heterocycles. The topological polar surface area (TPSA) is 87.7 Å². The van der Waals surface area contributed by atoms with Crippen LogP contribution in [-0.4, -0.2) is 30.3 Å². The molecular weight excluding hydrogens is 376 g/mol. The van der Waals surface area contributed by atoms with E-state index in [0.717, 1.165) is 10.0 Å². The summed E-state index contributed by atoms with van der Waals surface area (Å²) in [5.41, 5.74) is 0.894. The monoisotopic (exact) mass is 398 g/mol. The van der Waals surface area contributed by atoms with Gasteiger partial charge in [0.05, 0.1) is 19.1 Å². The van der Waals surface area contributed by atoms with Crippen molar-refractivity contribution in [2.45, 2.75) is 44.7 Å². The van der Waals surface area contributed by atoms with E-state index < -0.39 is 5.97 Å². The third-order valence-electron chi connectivity index (χ3n) is 4.42. The number of carbonyl (C=O) groups excluding carboxylic acids is 1. The minimum Gasteiger partial charge on any atom is -0.496 e. The van der Waals surface area contributed by atoms with Gasteiger partial charge in [0, 0.05) is 16.1 Å². The average molecular weight is 399 g/mol. The van der Waals surface area contributed by atoms with Crippen molar-refractivity contribution in [3.05, 3.63) is 28.2 Å². The van der Waals surface area contributed by atoms with E-state index in [0.29, 0.717) is 31.4 Å². The van der Waals surface area contributed by atoms with Crippen LogP contribution in [0.15, 0.2) is 22.7 Å². The predicted molar refractivity (Wildman–Crippen MR) is 94.2 cm³/mol. The summed E-state index contributed by atoms with van der Waals surface area (Å²) in [6.07, 6.45) is 2.60. The molecule has 2 rings (SSSR count). The van der Waals surface area contributed by atoms with Crippen LogP contribution in [-0.2, 0) is 4.79 Å². The van der Waals surface area contributed by atoms with Gasteiger partial charge in [-0.25, -0.2) is 4.79 Å². The SMILES string of the molecule is COc1cc(Br)ccc1C(C)NC(=O)NC1CCC(C(=O)O)CC1. The number of hydrogen-bond donors (Lipinski definition) is 3. The van der Waals surface area contributed by atoms with Crippen LogP contribution in [0.5, 0.6) is 5.75 Å². The van der Waals surface area contributed by atoms with Crippen LogP contribution in [0.25, 0.3) is 0 Å². The quantitative estimate of drug-likeness (QED) is 0.708. The fourth-order valence-corrected chi connectivity index (χ4v) is 3.37. The highest BCUT2D eigenvalue weighted by Gasteiger charge is 2.27. The first-order valence-corrected chi connectivity index (χ1v) is 8.83. The fourth-order valence-electron chi connectivity index (χ4n) is 3.03. The van der Waals surface area contributed by atoms with Crippen LogP contribution in [0.2, 0.25) is 0 Å². The number of carboxylic acids is 1. The van der Waals surface area contributed by atoms with Crippen molar-refractivity contribution in [2.24, 2.45) is 5.92 Å². The van der Waals surface area contributed by atoms with E-state index in [4.69, 9.17) is 9.84 Å². The number of nitrogens with one attached hydrogen (secondary N) is 2. The lowest BCUT2D eigenvalue weighted by Crippen LogP contribution is -2.44. The molecule has 0 radical (unpaired) electrons. The van der Waals surface area contributed by atoms with Crippen LogP contribution < -0.4 is 15.4 Å². The van der Waals surface area contributed by atoms with E-state index in [1.165, 1.54) is 0 Å². The molecule has 1 atom stereocenters. The third kappa shape index (κ3) is 4.87. The highest BCUT2D eigenvalue weighted by molar-refractivity contribution is 9.10. The summed E-state index contributed by atoms with van der Waals surface area (Å²) < 4.78 is 6.27. The second-order valence-electron chi connectivity index (χ2n) is 6.11. The van der Waals surface area contributed by atoms with Crippen LogP contribution in [0.4, 0.5) is 4.79 Å². The van der Waals surface area contributed by atoms with Gasteiger partial charge in [0.25, 0.3) is 0 Å². The second kappa shape index (κ2) is 8.37. The molecule has 7 heteroatoms. The Morgan fingerprint density at radius 1 is 1.29 bits per heavy atom. The molecule has 1 aliphatic carbocycles. The minimum absolute atomic E-state index is 0.0274. The summed E-state index contributed by atoms with van der Waals surface area (Å²) >= 11 is 3.40. The number of carboxylic acid groups (broad SMARTS) is 1. The number of benzene rings is 1. The Morgan fingerprint density at radius 3 is 2.54 bits per heavy atom. The molecule has 132 valence electrons. The van der Waals surface area contributed by atoms with E-state index >= 15 is 0 Å². The molecule has 1 aliphatic rings. The molecule has 1 aromatic carbocycles. The van der Waals surface area contributed by atoms with Gasteiger partial charge in [-0.05, 0) is 44.7 Å². The normalized spacial score (nSPS) is 21.6. The Balaban J connectivity index is 1.87. The van der Waals surface area contributed by atoms with Crippen LogP contribution in [0.3, 0.4) is 0 Å². The van der Waals surface area contributed by atoms with E-state index in [2.05, 4.69) is 26.6 Å². The second-order valence-corrected chi connectivity index (χ2v) is 7.03. The first-order valence-electron chi connectivity index (χ1n) is 8.04. The summed E-state index contributed by atoms with van der Waals surface area (Å²) in [7, 11) is 1.60. The molecule has 3 N–H and O–H groups in total. The Labute approximate surface area is 150 Å². The molecule has 1 fully saturated rings. The number of methoxy groups -OCH3 is 1. The van der Waals surface area contributed by atoms with E-state index in [9.17, 15) is 9.59 Å². The standard InChI is InChI=1S/C17H23BrN2O4/c1-10(14-8-5-12(18)9-15(14)24-2)19-17(23)20-13-6-3-11(4-7-13)16(21)22/h5,8-11,13H,3-4,6-7H2,1-2H3,(H,21,22)(H2,19,20,23). The summed E-state index contributed by atoms with van der Waals surface area (Å²) in [6, 6.07) is 5.25. The molecule has 0 spiro atoms. The van der Waals surface area contributed by atoms with Crippen LogP contribution in [0.1, 0.15) is 44.2 Å². The third-order valence-corrected chi connectivity index (χ3v) is 4.91. The summed E-state index contributed by atoms with van der Waals surface area (Å²) in [5, 5.41) is 14.9. The zero-order valence-electron chi connectivity index (χ0n) is 13.8. The summed E-state index contributed by atoms with van der Waals surface area (Å²) in [6.45, 7) is 1.90. The lowest BCUT2D eigenvalue weighted by Gasteiger charge is -2.27. The lowest BCUT2D eigenvalue weighted by atomic mass is 9.86. The number of amides is 2. The molecule has 0 aromatic heterocycles. The van der Waals surface area contributed by atoms with Crippen molar-refractivity contribution in [3.63, 3.8) is 0 Å². The molecule has 2 amide bonds. The van der Waals surface area contributed by atoms with Crippen molar-refractivity contribution < 1.29 is 19.4 Å². The predicted octanol–water partition coefficient (Wildman–Crippen LogP) is 3.46. The zero-order valence-corrected chi connectivity index (χ0v) is 15.4. The van der Waals surface area contributed by atoms with Gasteiger partial charge in [0.15, 0.2) is 0 Å². The van der Waals surface area contributed by atoms with Crippen molar-refractivity contribution >= 4 is 27.9 Å². The minimum atomic E-state index is -0.742. The molecule has 0 bridgehead atoms. The van der Waals surface area contributed by atoms with Crippen LogP contribution >= 0.6 is 15.9 Å². The Kier molecular flexibility index (Phi) is 6.48. The van der Waals surface area contributed by atoms with Gasteiger partial charge < -0.3 is 20.5 Å². The number of carbonyl (C=O) groups is 2. The molecule has 1 unspecified atom stereocenters. The first-order chi connectivity index (χ1) is 11.4. The smallest absolute Gasteiger partial charge is 0.315 e. The van der Waals surface area contributed by atoms with E-state index in [-0.39, 0.29) is 24.0 Å². The van der Waals surface area contributed by atoms with Gasteiger partial charge in [-0.15, -0.1) is 0 Å². The molecule has 0 heterocycles. The highest BCUT2D eigenvalue weighted by atomic mass is 79.9. The van der Waals surface area contributed by atoms with Crippen molar-refractivity contribution in [2.75, 3.05) is 7.11 Å². The van der Waals surface area contributed by atoms with Gasteiger partial charge in [-0.3, -0.25) is 4.79 Å². The fraction of sp³-hybridized carbons (Fsp3) is 0.529. The van der Waals surface area contributed by atoms with Gasteiger partial charge in [-0.2, -0.15) is 0 Å². The zero-order chi connectivity index (χ0) is 17.7.